The third kappa shape index (κ3) is 3.20. The minimum Gasteiger partial charge on any atom is -0.504 e. The molecular formula is C17H18O5. The van der Waals surface area contributed by atoms with Crippen LogP contribution >= 0.6 is 0 Å². The van der Waals surface area contributed by atoms with E-state index in [0.29, 0.717) is 0 Å². The van der Waals surface area contributed by atoms with Crippen molar-refractivity contribution in [3.63, 3.8) is 0 Å². The lowest BCUT2D eigenvalue weighted by Gasteiger charge is -2.27. The lowest BCUT2D eigenvalue weighted by molar-refractivity contribution is -0.121. The van der Waals surface area contributed by atoms with Crippen LogP contribution in [0.1, 0.15) is 5.56 Å². The Labute approximate surface area is 128 Å². The third-order valence-corrected chi connectivity index (χ3v) is 3.42. The molecule has 1 aliphatic rings. The summed E-state index contributed by atoms with van der Waals surface area (Å²) in [7, 11) is 2.70. The molecule has 0 saturated heterocycles. The van der Waals surface area contributed by atoms with Crippen molar-refractivity contribution in [2.24, 2.45) is 5.92 Å². The standard InChI is InChI=1S/C17H18O5/c1-21-14-10-13(19)17(22-2)16(20)15(14)12(18)9-8-11-6-4-3-5-7-11/h3-10,15-16,19-20H,1-2H3/b9-8+/t15-,16+/m0/s1. The van der Waals surface area contributed by atoms with Crippen LogP contribution in [-0.4, -0.2) is 36.3 Å². The van der Waals surface area contributed by atoms with Gasteiger partial charge < -0.3 is 19.7 Å². The second-order valence-corrected chi connectivity index (χ2v) is 4.77. The fourth-order valence-corrected chi connectivity index (χ4v) is 2.31. The molecule has 0 fully saturated rings. The monoisotopic (exact) mass is 302 g/mol. The average molecular weight is 302 g/mol. The highest BCUT2D eigenvalue weighted by Gasteiger charge is 2.38. The van der Waals surface area contributed by atoms with E-state index in [2.05, 4.69) is 0 Å². The maximum absolute atomic E-state index is 12.4. The molecule has 0 amide bonds. The third-order valence-electron chi connectivity index (χ3n) is 3.42. The van der Waals surface area contributed by atoms with Crippen LogP contribution in [0.2, 0.25) is 0 Å². The molecule has 1 aromatic rings. The number of benzene rings is 1. The Balaban J connectivity index is 2.25. The number of carbonyl (C=O) groups excluding carboxylic acids is 1. The largest absolute Gasteiger partial charge is 0.504 e. The Morgan fingerprint density at radius 1 is 1.18 bits per heavy atom. The van der Waals surface area contributed by atoms with E-state index in [1.54, 1.807) is 6.08 Å². The minimum absolute atomic E-state index is 0.0488. The highest BCUT2D eigenvalue weighted by molar-refractivity contribution is 5.97. The molecule has 116 valence electrons. The summed E-state index contributed by atoms with van der Waals surface area (Å²) in [6.07, 6.45) is 3.03. The van der Waals surface area contributed by atoms with E-state index < -0.39 is 12.0 Å². The molecule has 5 nitrogen and oxygen atoms in total. The van der Waals surface area contributed by atoms with Gasteiger partial charge in [0, 0.05) is 6.08 Å². The first-order valence-corrected chi connectivity index (χ1v) is 6.76. The predicted molar refractivity (Wildman–Crippen MR) is 81.7 cm³/mol. The number of aliphatic hydroxyl groups excluding tert-OH is 2. The van der Waals surface area contributed by atoms with Gasteiger partial charge in [0.05, 0.1) is 14.2 Å². The molecule has 5 heteroatoms. The minimum atomic E-state index is -1.29. The fraction of sp³-hybridized carbons (Fsp3) is 0.235. The van der Waals surface area contributed by atoms with E-state index >= 15 is 0 Å². The zero-order valence-electron chi connectivity index (χ0n) is 12.4. The Morgan fingerprint density at radius 2 is 1.86 bits per heavy atom. The second kappa shape index (κ2) is 6.95. The summed E-state index contributed by atoms with van der Waals surface area (Å²) in [6.45, 7) is 0. The van der Waals surface area contributed by atoms with Crippen molar-refractivity contribution < 1.29 is 24.5 Å². The molecule has 0 radical (unpaired) electrons. The SMILES string of the molecule is COC1=CC(O)=C(OC)[C@H](O)[C@H]1C(=O)/C=C/c1ccccc1. The van der Waals surface area contributed by atoms with Crippen molar-refractivity contribution in [1.82, 2.24) is 0 Å². The second-order valence-electron chi connectivity index (χ2n) is 4.77. The molecule has 1 aliphatic carbocycles. The van der Waals surface area contributed by atoms with Crippen LogP contribution in [0, 0.1) is 5.92 Å². The molecular weight excluding hydrogens is 284 g/mol. The van der Waals surface area contributed by atoms with Crippen LogP contribution in [0.5, 0.6) is 0 Å². The topological polar surface area (TPSA) is 76.0 Å². The Hall–Kier alpha value is -2.53. The fourth-order valence-electron chi connectivity index (χ4n) is 2.31. The summed E-state index contributed by atoms with van der Waals surface area (Å²) >= 11 is 0. The van der Waals surface area contributed by atoms with Crippen LogP contribution in [0.25, 0.3) is 6.08 Å². The van der Waals surface area contributed by atoms with Gasteiger partial charge in [-0.15, -0.1) is 0 Å². The van der Waals surface area contributed by atoms with Gasteiger partial charge in [-0.2, -0.15) is 0 Å². The van der Waals surface area contributed by atoms with Crippen molar-refractivity contribution in [2.75, 3.05) is 14.2 Å². The van der Waals surface area contributed by atoms with E-state index in [9.17, 15) is 15.0 Å². The highest BCUT2D eigenvalue weighted by atomic mass is 16.5. The number of methoxy groups -OCH3 is 2. The van der Waals surface area contributed by atoms with Crippen molar-refractivity contribution in [3.05, 3.63) is 65.3 Å². The quantitative estimate of drug-likeness (QED) is 0.816. The normalized spacial score (nSPS) is 21.7. The maximum atomic E-state index is 12.4. The van der Waals surface area contributed by atoms with Gasteiger partial charge in [-0.1, -0.05) is 36.4 Å². The highest BCUT2D eigenvalue weighted by Crippen LogP contribution is 2.30. The summed E-state index contributed by atoms with van der Waals surface area (Å²) in [6, 6.07) is 9.34. The number of rotatable bonds is 5. The van der Waals surface area contributed by atoms with E-state index in [1.807, 2.05) is 30.3 Å². The first kappa shape index (κ1) is 15.9. The average Bonchev–Trinajstić information content (AvgIpc) is 2.53. The molecule has 0 saturated carbocycles. The Kier molecular flexibility index (Phi) is 5.01. The zero-order chi connectivity index (χ0) is 16.1. The molecule has 2 rings (SSSR count). The first-order valence-electron chi connectivity index (χ1n) is 6.76. The number of hydrogen-bond acceptors (Lipinski definition) is 5. The van der Waals surface area contributed by atoms with Crippen LogP contribution in [0.15, 0.2) is 59.8 Å². The summed E-state index contributed by atoms with van der Waals surface area (Å²) in [5.74, 6) is -1.40. The molecule has 0 bridgehead atoms. The van der Waals surface area contributed by atoms with E-state index in [1.165, 1.54) is 26.4 Å². The van der Waals surface area contributed by atoms with Gasteiger partial charge in [-0.05, 0) is 11.6 Å². The molecule has 0 heterocycles. The summed E-state index contributed by atoms with van der Waals surface area (Å²) < 4.78 is 10.1. The summed E-state index contributed by atoms with van der Waals surface area (Å²) in [5, 5.41) is 20.0. The van der Waals surface area contributed by atoms with Gasteiger partial charge in [-0.25, -0.2) is 0 Å². The lowest BCUT2D eigenvalue weighted by Crippen LogP contribution is -2.35. The molecule has 2 N–H and O–H groups in total. The number of ketones is 1. The van der Waals surface area contributed by atoms with Crippen LogP contribution in [0.3, 0.4) is 0 Å². The molecule has 0 aliphatic heterocycles. The molecule has 22 heavy (non-hydrogen) atoms. The number of hydrogen-bond donors (Lipinski definition) is 2. The van der Waals surface area contributed by atoms with Crippen LogP contribution in [0.4, 0.5) is 0 Å². The van der Waals surface area contributed by atoms with Crippen molar-refractivity contribution in [2.45, 2.75) is 6.10 Å². The zero-order valence-corrected chi connectivity index (χ0v) is 12.4. The van der Waals surface area contributed by atoms with Gasteiger partial charge in [0.25, 0.3) is 0 Å². The van der Waals surface area contributed by atoms with Crippen molar-refractivity contribution in [1.29, 1.82) is 0 Å². The number of ether oxygens (including phenoxy) is 2. The molecule has 0 unspecified atom stereocenters. The van der Waals surface area contributed by atoms with Crippen LogP contribution in [-0.2, 0) is 14.3 Å². The van der Waals surface area contributed by atoms with Gasteiger partial charge in [0.2, 0.25) is 0 Å². The van der Waals surface area contributed by atoms with Gasteiger partial charge >= 0.3 is 0 Å². The van der Waals surface area contributed by atoms with E-state index in [4.69, 9.17) is 9.47 Å². The summed E-state index contributed by atoms with van der Waals surface area (Å²) in [4.78, 5) is 12.4. The predicted octanol–water partition coefficient (Wildman–Crippen LogP) is 2.21. The van der Waals surface area contributed by atoms with Gasteiger partial charge in [0.15, 0.2) is 17.3 Å². The van der Waals surface area contributed by atoms with Crippen LogP contribution < -0.4 is 0 Å². The lowest BCUT2D eigenvalue weighted by atomic mass is 9.88. The smallest absolute Gasteiger partial charge is 0.169 e. The van der Waals surface area contributed by atoms with E-state index in [0.717, 1.165) is 5.56 Å². The number of allylic oxidation sites excluding steroid dienone is 2. The maximum Gasteiger partial charge on any atom is 0.169 e. The molecule has 2 atom stereocenters. The molecule has 1 aromatic carbocycles. The van der Waals surface area contributed by atoms with Gasteiger partial charge in [-0.3, -0.25) is 4.79 Å². The number of aliphatic hydroxyl groups is 2. The molecule has 0 spiro atoms. The van der Waals surface area contributed by atoms with E-state index in [-0.39, 0.29) is 23.1 Å². The van der Waals surface area contributed by atoms with Crippen molar-refractivity contribution in [3.8, 4) is 0 Å². The Morgan fingerprint density at radius 3 is 2.45 bits per heavy atom. The first-order chi connectivity index (χ1) is 10.6. The van der Waals surface area contributed by atoms with Crippen molar-refractivity contribution >= 4 is 11.9 Å². The van der Waals surface area contributed by atoms with Gasteiger partial charge in [0.1, 0.15) is 17.8 Å². The number of carbonyl (C=O) groups is 1. The molecule has 0 aromatic heterocycles. The summed E-state index contributed by atoms with van der Waals surface area (Å²) in [5.41, 5.74) is 0.870. The Bertz CT molecular complexity index is 628.